The molecule has 0 bridgehead atoms. The van der Waals surface area contributed by atoms with E-state index < -0.39 is 0 Å². The SMILES string of the molecule is COC(=O)C[N+](C)(C)CCCCCCCCCCCC[N+](C)(C)CC(=O)OC.[Br-].[Br-]. The van der Waals surface area contributed by atoms with Crippen molar-refractivity contribution in [2.75, 3.05) is 68.6 Å². The molecule has 0 atom stereocenters. The van der Waals surface area contributed by atoms with Crippen LogP contribution in [0.3, 0.4) is 0 Å². The summed E-state index contributed by atoms with van der Waals surface area (Å²) in [7, 11) is 11.3. The third-order valence-electron chi connectivity index (χ3n) is 5.35. The predicted molar refractivity (Wildman–Crippen MR) is 114 cm³/mol. The van der Waals surface area contributed by atoms with Crippen LogP contribution >= 0.6 is 0 Å². The molecule has 0 aliphatic heterocycles. The summed E-state index contributed by atoms with van der Waals surface area (Å²) in [6, 6.07) is 0. The number of nitrogens with zero attached hydrogens (tertiary/aromatic N) is 2. The van der Waals surface area contributed by atoms with Gasteiger partial charge in [-0.25, -0.2) is 9.59 Å². The van der Waals surface area contributed by atoms with E-state index in [0.717, 1.165) is 13.1 Å². The summed E-state index contributed by atoms with van der Waals surface area (Å²) in [5.74, 6) is -0.257. The van der Waals surface area contributed by atoms with Crippen LogP contribution in [0.2, 0.25) is 0 Å². The average Bonchev–Trinajstić information content (AvgIpc) is 2.61. The highest BCUT2D eigenvalue weighted by atomic mass is 79.9. The normalized spacial score (nSPS) is 11.3. The third kappa shape index (κ3) is 21.1. The van der Waals surface area contributed by atoms with E-state index in [2.05, 4.69) is 28.2 Å². The van der Waals surface area contributed by atoms with Gasteiger partial charge in [0, 0.05) is 0 Å². The van der Waals surface area contributed by atoms with Crippen LogP contribution in [-0.4, -0.2) is 89.5 Å². The summed E-state index contributed by atoms with van der Waals surface area (Å²) in [4.78, 5) is 22.8. The predicted octanol–water partition coefficient (Wildman–Crippen LogP) is -2.61. The lowest BCUT2D eigenvalue weighted by atomic mass is 10.1. The Balaban J connectivity index is -0.00000364. The quantitative estimate of drug-likeness (QED) is 0.111. The Morgan fingerprint density at radius 1 is 0.533 bits per heavy atom. The van der Waals surface area contributed by atoms with Gasteiger partial charge in [-0.2, -0.15) is 0 Å². The molecule has 0 fully saturated rings. The van der Waals surface area contributed by atoms with Gasteiger partial charge in [0.05, 0.1) is 55.5 Å². The van der Waals surface area contributed by atoms with Gasteiger partial charge in [0.2, 0.25) is 0 Å². The van der Waals surface area contributed by atoms with Crippen molar-refractivity contribution in [3.05, 3.63) is 0 Å². The van der Waals surface area contributed by atoms with E-state index >= 15 is 0 Å². The first-order chi connectivity index (χ1) is 13.1. The number of unbranched alkanes of at least 4 members (excludes halogenated alkanes) is 9. The Morgan fingerprint density at radius 3 is 1.00 bits per heavy atom. The van der Waals surface area contributed by atoms with E-state index in [-0.39, 0.29) is 45.9 Å². The van der Waals surface area contributed by atoms with Crippen LogP contribution in [0.5, 0.6) is 0 Å². The summed E-state index contributed by atoms with van der Waals surface area (Å²) in [5.41, 5.74) is 0. The van der Waals surface area contributed by atoms with Gasteiger partial charge in [-0.05, 0) is 25.7 Å². The average molecular weight is 562 g/mol. The molecule has 0 unspecified atom stereocenters. The van der Waals surface area contributed by atoms with Crippen molar-refractivity contribution in [1.29, 1.82) is 0 Å². The van der Waals surface area contributed by atoms with Crippen molar-refractivity contribution in [3.63, 3.8) is 0 Å². The molecule has 0 saturated heterocycles. The lowest BCUT2D eigenvalue weighted by Crippen LogP contribution is -3.00. The van der Waals surface area contributed by atoms with E-state index in [9.17, 15) is 9.59 Å². The molecular weight excluding hydrogens is 516 g/mol. The Hall–Kier alpha value is -0.180. The molecule has 0 aromatic heterocycles. The molecule has 0 aliphatic carbocycles. The molecule has 0 aromatic rings. The Bertz CT molecular complexity index is 407. The van der Waals surface area contributed by atoms with Crippen molar-refractivity contribution in [2.24, 2.45) is 0 Å². The summed E-state index contributed by atoms with van der Waals surface area (Å²) in [5, 5.41) is 0. The zero-order valence-electron chi connectivity index (χ0n) is 20.2. The fourth-order valence-electron chi connectivity index (χ4n) is 3.48. The highest BCUT2D eigenvalue weighted by molar-refractivity contribution is 5.70. The van der Waals surface area contributed by atoms with E-state index in [1.54, 1.807) is 0 Å². The topological polar surface area (TPSA) is 52.6 Å². The molecule has 8 heteroatoms. The first-order valence-electron chi connectivity index (χ1n) is 10.9. The third-order valence-corrected chi connectivity index (χ3v) is 5.35. The number of carbonyl (C=O) groups excluding carboxylic acids is 2. The minimum Gasteiger partial charge on any atom is -1.00 e. The molecule has 0 amide bonds. The number of esters is 2. The van der Waals surface area contributed by atoms with Gasteiger partial charge in [-0.15, -0.1) is 0 Å². The van der Waals surface area contributed by atoms with Crippen LogP contribution in [0, 0.1) is 0 Å². The summed E-state index contributed by atoms with van der Waals surface area (Å²) in [6.07, 6.45) is 12.7. The first kappa shape index (κ1) is 34.4. The van der Waals surface area contributed by atoms with Crippen molar-refractivity contribution in [3.8, 4) is 0 Å². The second-order valence-electron chi connectivity index (χ2n) is 9.32. The molecule has 0 saturated carbocycles. The fourth-order valence-corrected chi connectivity index (χ4v) is 3.48. The summed E-state index contributed by atoms with van der Waals surface area (Å²) < 4.78 is 10.9. The maximum absolute atomic E-state index is 11.4. The molecule has 0 spiro atoms. The number of rotatable bonds is 17. The lowest BCUT2D eigenvalue weighted by molar-refractivity contribution is -0.883. The molecule has 6 nitrogen and oxygen atoms in total. The largest absolute Gasteiger partial charge is 1.00 e. The van der Waals surface area contributed by atoms with Gasteiger partial charge < -0.3 is 52.4 Å². The number of hydrogen-bond donors (Lipinski definition) is 0. The van der Waals surface area contributed by atoms with E-state index in [1.807, 2.05) is 0 Å². The second-order valence-corrected chi connectivity index (χ2v) is 9.32. The molecule has 0 radical (unpaired) electrons. The van der Waals surface area contributed by atoms with Crippen molar-refractivity contribution < 1.29 is 62.0 Å². The van der Waals surface area contributed by atoms with Crippen LogP contribution in [0.25, 0.3) is 0 Å². The monoisotopic (exact) mass is 560 g/mol. The summed E-state index contributed by atoms with van der Waals surface area (Å²) in [6.45, 7) is 2.96. The number of quaternary nitrogens is 2. The minimum atomic E-state index is -0.129. The number of carbonyl (C=O) groups is 2. The Morgan fingerprint density at radius 2 is 0.767 bits per heavy atom. The highest BCUT2D eigenvalue weighted by Crippen LogP contribution is 2.12. The number of halogens is 2. The maximum atomic E-state index is 11.4. The number of likely N-dealkylation sites (N-methyl/N-ethyl adjacent to an activating group) is 2. The summed E-state index contributed by atoms with van der Waals surface area (Å²) >= 11 is 0. The lowest BCUT2D eigenvalue weighted by Gasteiger charge is -2.28. The molecular formula is C22H46Br2N2O4. The van der Waals surface area contributed by atoms with Gasteiger partial charge in [0.1, 0.15) is 0 Å². The molecule has 0 aliphatic rings. The molecule has 0 N–H and O–H groups in total. The molecule has 0 heterocycles. The maximum Gasteiger partial charge on any atom is 0.361 e. The zero-order valence-corrected chi connectivity index (χ0v) is 23.4. The molecule has 30 heavy (non-hydrogen) atoms. The number of hydrogen-bond acceptors (Lipinski definition) is 4. The van der Waals surface area contributed by atoms with Crippen molar-refractivity contribution in [2.45, 2.75) is 64.2 Å². The van der Waals surface area contributed by atoms with Crippen LogP contribution in [0.1, 0.15) is 64.2 Å². The van der Waals surface area contributed by atoms with Crippen LogP contribution in [0.15, 0.2) is 0 Å². The van der Waals surface area contributed by atoms with Crippen LogP contribution < -0.4 is 34.0 Å². The van der Waals surface area contributed by atoms with E-state index in [4.69, 9.17) is 9.47 Å². The second kappa shape index (κ2) is 19.5. The fraction of sp³-hybridized carbons (Fsp3) is 0.909. The van der Waals surface area contributed by atoms with Crippen molar-refractivity contribution in [1.82, 2.24) is 0 Å². The standard InChI is InChI=1S/C22H46N2O4.2BrH/c1-23(2,19-21(25)27-5)17-15-13-11-9-7-8-10-12-14-16-18-24(3,4)20-22(26)28-6;;/h7-20H2,1-6H3;2*1H/q+2;;/p-2. The van der Waals surface area contributed by atoms with Crippen LogP contribution in [-0.2, 0) is 19.1 Å². The van der Waals surface area contributed by atoms with Gasteiger partial charge in [0.25, 0.3) is 0 Å². The van der Waals surface area contributed by atoms with Gasteiger partial charge in [0.15, 0.2) is 13.1 Å². The molecule has 182 valence electrons. The zero-order chi connectivity index (χ0) is 21.5. The number of ether oxygens (including phenoxy) is 2. The highest BCUT2D eigenvalue weighted by Gasteiger charge is 2.20. The van der Waals surface area contributed by atoms with E-state index in [1.165, 1.54) is 78.4 Å². The van der Waals surface area contributed by atoms with Gasteiger partial charge in [-0.1, -0.05) is 38.5 Å². The molecule has 0 rings (SSSR count). The Labute approximate surface area is 206 Å². The van der Waals surface area contributed by atoms with Gasteiger partial charge in [-0.3, -0.25) is 0 Å². The van der Waals surface area contributed by atoms with Crippen molar-refractivity contribution >= 4 is 11.9 Å². The Kier molecular flexibility index (Phi) is 22.4. The van der Waals surface area contributed by atoms with Crippen LogP contribution in [0.4, 0.5) is 0 Å². The minimum absolute atomic E-state index is 0. The first-order valence-corrected chi connectivity index (χ1v) is 10.9. The van der Waals surface area contributed by atoms with E-state index in [0.29, 0.717) is 22.1 Å². The molecule has 0 aromatic carbocycles. The smallest absolute Gasteiger partial charge is 0.361 e. The van der Waals surface area contributed by atoms with Gasteiger partial charge >= 0.3 is 11.9 Å². The number of methoxy groups -OCH3 is 2.